The average molecular weight is 491 g/mol. The second-order valence-electron chi connectivity index (χ2n) is 9.96. The van der Waals surface area contributed by atoms with Crippen LogP contribution in [0, 0.1) is 11.3 Å². The number of nitrogens with one attached hydrogen (secondary N) is 1. The number of carbonyl (C=O) groups is 3. The normalized spacial score (nSPS) is 25.8. The van der Waals surface area contributed by atoms with Crippen LogP contribution in [0.1, 0.15) is 23.6 Å². The number of imide groups is 2. The number of nitrogens with zero attached hydrogens (tertiary/aromatic N) is 3. The summed E-state index contributed by atoms with van der Waals surface area (Å²) in [6.45, 7) is 5.77. The first-order valence-electron chi connectivity index (χ1n) is 12.2. The maximum atomic E-state index is 13.8. The van der Waals surface area contributed by atoms with Crippen LogP contribution in [-0.4, -0.2) is 65.5 Å². The summed E-state index contributed by atoms with van der Waals surface area (Å²) in [5.41, 5.74) is 0.317. The summed E-state index contributed by atoms with van der Waals surface area (Å²) in [6.07, 6.45) is 2.59. The van der Waals surface area contributed by atoms with Crippen LogP contribution in [0.2, 0.25) is 0 Å². The number of barbiturate groups is 1. The number of piperidine rings is 1. The molecule has 0 saturated carbocycles. The van der Waals surface area contributed by atoms with Gasteiger partial charge in [-0.2, -0.15) is 0 Å². The Kier molecular flexibility index (Phi) is 6.26. The molecule has 2 aromatic rings. The average Bonchev–Trinajstić information content (AvgIpc) is 2.86. The maximum absolute atomic E-state index is 13.8. The Bertz CT molecular complexity index is 1270. The van der Waals surface area contributed by atoms with E-state index in [0.717, 1.165) is 22.6 Å². The third kappa shape index (κ3) is 4.13. The molecule has 1 aromatic carbocycles. The summed E-state index contributed by atoms with van der Waals surface area (Å²) in [4.78, 5) is 55.5. The molecule has 2 fully saturated rings. The number of ether oxygens (including phenoxy) is 1. The Hall–Kier alpha value is -3.72. The van der Waals surface area contributed by atoms with E-state index in [0.29, 0.717) is 25.4 Å². The molecule has 1 N–H and O–H groups in total. The predicted octanol–water partition coefficient (Wildman–Crippen LogP) is 1.77. The van der Waals surface area contributed by atoms with Gasteiger partial charge in [0.1, 0.15) is 11.2 Å². The minimum absolute atomic E-state index is 0.00652. The second-order valence-corrected chi connectivity index (χ2v) is 9.96. The summed E-state index contributed by atoms with van der Waals surface area (Å²) < 4.78 is 7.10. The van der Waals surface area contributed by atoms with Gasteiger partial charge in [0.2, 0.25) is 11.8 Å². The quantitative estimate of drug-likeness (QED) is 0.469. The lowest BCUT2D eigenvalue weighted by Gasteiger charge is -2.47. The summed E-state index contributed by atoms with van der Waals surface area (Å²) in [5, 5.41) is 2.42. The van der Waals surface area contributed by atoms with Gasteiger partial charge in [-0.15, -0.1) is 6.58 Å². The fraction of sp³-hybridized carbons (Fsp3) is 0.407. The largest absolute Gasteiger partial charge is 0.497 e. The van der Waals surface area contributed by atoms with Crippen molar-refractivity contribution in [2.24, 2.45) is 11.3 Å². The number of aromatic nitrogens is 1. The van der Waals surface area contributed by atoms with Crippen molar-refractivity contribution in [3.8, 4) is 5.75 Å². The van der Waals surface area contributed by atoms with Crippen molar-refractivity contribution in [3.05, 3.63) is 76.7 Å². The van der Waals surface area contributed by atoms with Crippen LogP contribution in [0.25, 0.3) is 0 Å². The smallest absolute Gasteiger partial charge is 0.331 e. The Labute approximate surface area is 209 Å². The SMILES string of the molecule is C=CCN1C(=O)NC(=O)C(Cc2ccc(OC)cc2)(CN2CC3CC(C2)c2cccc(=O)n2C3)C1=O. The van der Waals surface area contributed by atoms with E-state index in [1.165, 1.54) is 6.08 Å². The summed E-state index contributed by atoms with van der Waals surface area (Å²) in [5.74, 6) is -0.0482. The van der Waals surface area contributed by atoms with Crippen molar-refractivity contribution in [2.45, 2.75) is 25.3 Å². The zero-order valence-corrected chi connectivity index (χ0v) is 20.3. The molecule has 188 valence electrons. The minimum Gasteiger partial charge on any atom is -0.497 e. The number of benzene rings is 1. The highest BCUT2D eigenvalue weighted by atomic mass is 16.5. The number of carbonyl (C=O) groups excluding carboxylic acids is 3. The first-order valence-corrected chi connectivity index (χ1v) is 12.2. The molecule has 3 aliphatic rings. The van der Waals surface area contributed by atoms with E-state index in [9.17, 15) is 19.2 Å². The molecule has 0 spiro atoms. The minimum atomic E-state index is -1.48. The number of amides is 4. The highest BCUT2D eigenvalue weighted by Crippen LogP contribution is 2.38. The third-order valence-electron chi connectivity index (χ3n) is 7.58. The lowest BCUT2D eigenvalue weighted by molar-refractivity contribution is -0.153. The van der Waals surface area contributed by atoms with E-state index >= 15 is 0 Å². The van der Waals surface area contributed by atoms with Crippen LogP contribution in [0.15, 0.2) is 59.9 Å². The van der Waals surface area contributed by atoms with Crippen molar-refractivity contribution in [1.82, 2.24) is 19.7 Å². The molecule has 0 aliphatic carbocycles. The maximum Gasteiger partial charge on any atom is 0.331 e. The van der Waals surface area contributed by atoms with Crippen LogP contribution in [0.5, 0.6) is 5.75 Å². The molecule has 3 atom stereocenters. The van der Waals surface area contributed by atoms with Crippen LogP contribution in [0.3, 0.4) is 0 Å². The zero-order chi connectivity index (χ0) is 25.4. The Morgan fingerprint density at radius 3 is 2.58 bits per heavy atom. The van der Waals surface area contributed by atoms with Gasteiger partial charge in [-0.1, -0.05) is 24.3 Å². The van der Waals surface area contributed by atoms with Crippen LogP contribution in [-0.2, 0) is 22.6 Å². The van der Waals surface area contributed by atoms with Crippen molar-refractivity contribution in [3.63, 3.8) is 0 Å². The molecule has 3 unspecified atom stereocenters. The fourth-order valence-corrected chi connectivity index (χ4v) is 5.98. The number of hydrogen-bond donors (Lipinski definition) is 1. The van der Waals surface area contributed by atoms with Gasteiger partial charge in [0.25, 0.3) is 5.56 Å². The van der Waals surface area contributed by atoms with E-state index in [1.807, 2.05) is 22.8 Å². The fourth-order valence-electron chi connectivity index (χ4n) is 5.98. The first-order chi connectivity index (χ1) is 17.3. The van der Waals surface area contributed by atoms with Gasteiger partial charge >= 0.3 is 6.03 Å². The van der Waals surface area contributed by atoms with Crippen LogP contribution in [0.4, 0.5) is 4.79 Å². The molecule has 36 heavy (non-hydrogen) atoms. The number of rotatable bonds is 7. The molecule has 9 heteroatoms. The van der Waals surface area contributed by atoms with E-state index in [-0.39, 0.29) is 36.9 Å². The molecule has 2 bridgehead atoms. The molecule has 4 heterocycles. The van der Waals surface area contributed by atoms with Gasteiger partial charge in [0.05, 0.1) is 7.11 Å². The van der Waals surface area contributed by atoms with Gasteiger partial charge < -0.3 is 14.2 Å². The van der Waals surface area contributed by atoms with E-state index in [1.54, 1.807) is 31.4 Å². The molecular weight excluding hydrogens is 460 g/mol. The van der Waals surface area contributed by atoms with Crippen molar-refractivity contribution in [2.75, 3.05) is 33.3 Å². The molecular formula is C27H30N4O5. The Morgan fingerprint density at radius 2 is 1.86 bits per heavy atom. The van der Waals surface area contributed by atoms with E-state index < -0.39 is 23.3 Å². The van der Waals surface area contributed by atoms with Crippen molar-refractivity contribution >= 4 is 17.8 Å². The highest BCUT2D eigenvalue weighted by molar-refractivity contribution is 6.19. The van der Waals surface area contributed by atoms with Gasteiger partial charge in [0, 0.05) is 50.4 Å². The summed E-state index contributed by atoms with van der Waals surface area (Å²) in [6, 6.07) is 11.9. The van der Waals surface area contributed by atoms with Gasteiger partial charge in [-0.3, -0.25) is 24.6 Å². The lowest BCUT2D eigenvalue weighted by atomic mass is 9.75. The Morgan fingerprint density at radius 1 is 1.08 bits per heavy atom. The number of methoxy groups -OCH3 is 1. The monoisotopic (exact) mass is 490 g/mol. The lowest BCUT2D eigenvalue weighted by Crippen LogP contribution is -2.68. The van der Waals surface area contributed by atoms with Gasteiger partial charge in [-0.25, -0.2) is 4.79 Å². The number of urea groups is 1. The number of pyridine rings is 1. The molecule has 2 saturated heterocycles. The third-order valence-corrected chi connectivity index (χ3v) is 7.58. The van der Waals surface area contributed by atoms with Crippen LogP contribution < -0.4 is 15.6 Å². The van der Waals surface area contributed by atoms with Gasteiger partial charge in [-0.05, 0) is 42.5 Å². The molecule has 3 aliphatic heterocycles. The van der Waals surface area contributed by atoms with Crippen LogP contribution >= 0.6 is 0 Å². The first kappa shape index (κ1) is 24.0. The topological polar surface area (TPSA) is 101 Å². The summed E-state index contributed by atoms with van der Waals surface area (Å²) in [7, 11) is 1.58. The predicted molar refractivity (Wildman–Crippen MR) is 133 cm³/mol. The zero-order valence-electron chi connectivity index (χ0n) is 20.3. The van der Waals surface area contributed by atoms with Crippen molar-refractivity contribution in [1.29, 1.82) is 0 Å². The standard InChI is InChI=1S/C27H30N4O5/c1-3-11-30-25(34)27(24(33)28-26(30)35,13-18-7-9-21(36-2)10-8-18)17-29-14-19-12-20(16-29)22-5-4-6-23(32)31(22)15-19/h3-10,19-20H,1,11-17H2,2H3,(H,28,33,35). The molecule has 1 aromatic heterocycles. The number of likely N-dealkylation sites (tertiary alicyclic amines) is 1. The van der Waals surface area contributed by atoms with Crippen molar-refractivity contribution < 1.29 is 19.1 Å². The highest BCUT2D eigenvalue weighted by Gasteiger charge is 2.55. The molecule has 5 rings (SSSR count). The number of fused-ring (bicyclic) bond motifs is 4. The van der Waals surface area contributed by atoms with E-state index in [2.05, 4.69) is 16.8 Å². The Balaban J connectivity index is 1.49. The summed E-state index contributed by atoms with van der Waals surface area (Å²) >= 11 is 0. The number of hydrogen-bond acceptors (Lipinski definition) is 6. The molecule has 0 radical (unpaired) electrons. The van der Waals surface area contributed by atoms with Gasteiger partial charge in [0.15, 0.2) is 0 Å². The molecule has 9 nitrogen and oxygen atoms in total. The second kappa shape index (κ2) is 9.39. The molecule has 4 amide bonds. The van der Waals surface area contributed by atoms with E-state index in [4.69, 9.17) is 4.74 Å².